The van der Waals surface area contributed by atoms with Gasteiger partial charge in [0.15, 0.2) is 0 Å². The average molecular weight is 327 g/mol. The Labute approximate surface area is 138 Å². The molecular weight excluding hydrogens is 310 g/mol. The Balaban J connectivity index is 1.85. The van der Waals surface area contributed by atoms with Crippen molar-refractivity contribution in [2.75, 3.05) is 7.11 Å². The molecule has 1 aromatic heterocycles. The standard InChI is InChI=1S/C18H17NO3S/c1-22-15-7-5-13(6-8-15)17(21)18-19-16(11-23-18)14-4-2-3-12(9-14)10-20/h2-9,11,17,20-21H,10H2,1H3. The highest BCUT2D eigenvalue weighted by Crippen LogP contribution is 2.30. The summed E-state index contributed by atoms with van der Waals surface area (Å²) in [5.41, 5.74) is 3.34. The van der Waals surface area contributed by atoms with Crippen LogP contribution >= 0.6 is 11.3 Å². The molecule has 0 aliphatic carbocycles. The van der Waals surface area contributed by atoms with Crippen LogP contribution in [0.4, 0.5) is 0 Å². The van der Waals surface area contributed by atoms with Crippen molar-refractivity contribution in [3.63, 3.8) is 0 Å². The summed E-state index contributed by atoms with van der Waals surface area (Å²) in [6, 6.07) is 14.9. The Morgan fingerprint density at radius 2 is 1.96 bits per heavy atom. The van der Waals surface area contributed by atoms with Crippen molar-refractivity contribution in [1.29, 1.82) is 0 Å². The van der Waals surface area contributed by atoms with Gasteiger partial charge in [-0.3, -0.25) is 0 Å². The van der Waals surface area contributed by atoms with Crippen molar-refractivity contribution >= 4 is 11.3 Å². The molecule has 2 N–H and O–H groups in total. The van der Waals surface area contributed by atoms with E-state index in [1.807, 2.05) is 53.9 Å². The summed E-state index contributed by atoms with van der Waals surface area (Å²) >= 11 is 1.42. The fraction of sp³-hybridized carbons (Fsp3) is 0.167. The van der Waals surface area contributed by atoms with Crippen LogP contribution in [0.25, 0.3) is 11.3 Å². The van der Waals surface area contributed by atoms with Crippen LogP contribution in [0, 0.1) is 0 Å². The number of ether oxygens (including phenoxy) is 1. The van der Waals surface area contributed by atoms with Gasteiger partial charge in [-0.25, -0.2) is 4.98 Å². The van der Waals surface area contributed by atoms with Gasteiger partial charge >= 0.3 is 0 Å². The summed E-state index contributed by atoms with van der Waals surface area (Å²) in [6.07, 6.45) is -0.763. The fourth-order valence-electron chi connectivity index (χ4n) is 2.30. The first kappa shape index (κ1) is 15.7. The number of thiazole rings is 1. The van der Waals surface area contributed by atoms with Crippen LogP contribution in [-0.2, 0) is 6.61 Å². The maximum Gasteiger partial charge on any atom is 0.131 e. The summed E-state index contributed by atoms with van der Waals surface area (Å²) in [4.78, 5) is 4.53. The smallest absolute Gasteiger partial charge is 0.131 e. The molecule has 1 heterocycles. The van der Waals surface area contributed by atoms with Crippen LogP contribution in [0.15, 0.2) is 53.9 Å². The largest absolute Gasteiger partial charge is 0.497 e. The lowest BCUT2D eigenvalue weighted by Crippen LogP contribution is -1.99. The third-order valence-electron chi connectivity index (χ3n) is 3.59. The quantitative estimate of drug-likeness (QED) is 0.754. The zero-order chi connectivity index (χ0) is 16.2. The molecule has 0 saturated heterocycles. The maximum absolute atomic E-state index is 10.5. The second kappa shape index (κ2) is 6.91. The second-order valence-electron chi connectivity index (χ2n) is 5.11. The highest BCUT2D eigenvalue weighted by molar-refractivity contribution is 7.10. The van der Waals surface area contributed by atoms with E-state index in [2.05, 4.69) is 4.98 Å². The Morgan fingerprint density at radius 3 is 2.65 bits per heavy atom. The molecule has 0 spiro atoms. The van der Waals surface area contributed by atoms with Crippen molar-refractivity contribution in [3.8, 4) is 17.0 Å². The summed E-state index contributed by atoms with van der Waals surface area (Å²) in [5.74, 6) is 0.751. The van der Waals surface area contributed by atoms with Crippen molar-refractivity contribution in [1.82, 2.24) is 4.98 Å². The van der Waals surface area contributed by atoms with Gasteiger partial charge in [0.1, 0.15) is 16.9 Å². The van der Waals surface area contributed by atoms with Crippen LogP contribution in [0.2, 0.25) is 0 Å². The van der Waals surface area contributed by atoms with E-state index in [-0.39, 0.29) is 6.61 Å². The van der Waals surface area contributed by atoms with Crippen LogP contribution < -0.4 is 4.74 Å². The SMILES string of the molecule is COc1ccc(C(O)c2nc(-c3cccc(CO)c3)cs2)cc1. The molecule has 0 saturated carbocycles. The van der Waals surface area contributed by atoms with Gasteiger partial charge in [0.25, 0.3) is 0 Å². The number of methoxy groups -OCH3 is 1. The summed E-state index contributed by atoms with van der Waals surface area (Å²) in [7, 11) is 1.61. The monoisotopic (exact) mass is 327 g/mol. The minimum Gasteiger partial charge on any atom is -0.497 e. The second-order valence-corrected chi connectivity index (χ2v) is 5.99. The summed E-state index contributed by atoms with van der Waals surface area (Å²) < 4.78 is 5.12. The van der Waals surface area contributed by atoms with E-state index in [4.69, 9.17) is 4.74 Å². The van der Waals surface area contributed by atoms with Gasteiger partial charge in [-0.15, -0.1) is 11.3 Å². The maximum atomic E-state index is 10.5. The highest BCUT2D eigenvalue weighted by Gasteiger charge is 2.15. The van der Waals surface area contributed by atoms with Crippen LogP contribution in [-0.4, -0.2) is 22.3 Å². The number of benzene rings is 2. The molecule has 23 heavy (non-hydrogen) atoms. The van der Waals surface area contributed by atoms with E-state index in [0.717, 1.165) is 28.1 Å². The lowest BCUT2D eigenvalue weighted by molar-refractivity contribution is 0.219. The molecule has 0 aliphatic heterocycles. The third kappa shape index (κ3) is 3.42. The first-order chi connectivity index (χ1) is 11.2. The zero-order valence-corrected chi connectivity index (χ0v) is 13.5. The van der Waals surface area contributed by atoms with E-state index in [1.54, 1.807) is 7.11 Å². The number of aliphatic hydroxyl groups is 2. The fourth-order valence-corrected chi connectivity index (χ4v) is 3.14. The van der Waals surface area contributed by atoms with E-state index >= 15 is 0 Å². The van der Waals surface area contributed by atoms with Gasteiger partial charge < -0.3 is 14.9 Å². The van der Waals surface area contributed by atoms with Gasteiger partial charge in [-0.05, 0) is 29.3 Å². The average Bonchev–Trinajstić information content (AvgIpc) is 3.11. The zero-order valence-electron chi connectivity index (χ0n) is 12.6. The minimum atomic E-state index is -0.763. The number of aromatic nitrogens is 1. The molecule has 0 bridgehead atoms. The van der Waals surface area contributed by atoms with Crippen LogP contribution in [0.5, 0.6) is 5.75 Å². The van der Waals surface area contributed by atoms with E-state index in [1.165, 1.54) is 11.3 Å². The van der Waals surface area contributed by atoms with Crippen LogP contribution in [0.1, 0.15) is 22.2 Å². The van der Waals surface area contributed by atoms with Crippen LogP contribution in [0.3, 0.4) is 0 Å². The molecule has 3 rings (SSSR count). The Hall–Kier alpha value is -2.21. The number of rotatable bonds is 5. The molecule has 3 aromatic rings. The highest BCUT2D eigenvalue weighted by atomic mass is 32.1. The lowest BCUT2D eigenvalue weighted by atomic mass is 10.1. The normalized spacial score (nSPS) is 12.1. The third-order valence-corrected chi connectivity index (χ3v) is 4.49. The van der Waals surface area contributed by atoms with E-state index in [0.29, 0.717) is 5.01 Å². The Morgan fingerprint density at radius 1 is 1.17 bits per heavy atom. The molecule has 0 amide bonds. The van der Waals surface area contributed by atoms with Gasteiger partial charge in [0, 0.05) is 10.9 Å². The predicted octanol–water partition coefficient (Wildman–Crippen LogP) is 3.39. The van der Waals surface area contributed by atoms with Crippen molar-refractivity contribution in [3.05, 3.63) is 70.0 Å². The Bertz CT molecular complexity index is 783. The first-order valence-corrected chi connectivity index (χ1v) is 8.07. The van der Waals surface area contributed by atoms with Crippen molar-refractivity contribution in [2.24, 2.45) is 0 Å². The predicted molar refractivity (Wildman–Crippen MR) is 90.5 cm³/mol. The molecule has 0 fully saturated rings. The number of aliphatic hydroxyl groups excluding tert-OH is 2. The molecule has 118 valence electrons. The summed E-state index contributed by atoms with van der Waals surface area (Å²) in [6.45, 7) is -0.000687. The molecule has 0 radical (unpaired) electrons. The molecule has 5 heteroatoms. The molecule has 1 unspecified atom stereocenters. The van der Waals surface area contributed by atoms with Gasteiger partial charge in [-0.1, -0.05) is 30.3 Å². The van der Waals surface area contributed by atoms with E-state index in [9.17, 15) is 10.2 Å². The lowest BCUT2D eigenvalue weighted by Gasteiger charge is -2.08. The minimum absolute atomic E-state index is 0.000687. The molecule has 1 atom stereocenters. The summed E-state index contributed by atoms with van der Waals surface area (Å²) in [5, 5.41) is 22.3. The topological polar surface area (TPSA) is 62.6 Å². The number of nitrogens with zero attached hydrogens (tertiary/aromatic N) is 1. The van der Waals surface area contributed by atoms with Crippen molar-refractivity contribution in [2.45, 2.75) is 12.7 Å². The van der Waals surface area contributed by atoms with Gasteiger partial charge in [-0.2, -0.15) is 0 Å². The van der Waals surface area contributed by atoms with Gasteiger partial charge in [0.2, 0.25) is 0 Å². The van der Waals surface area contributed by atoms with E-state index < -0.39 is 6.10 Å². The molecule has 4 nitrogen and oxygen atoms in total. The number of hydrogen-bond donors (Lipinski definition) is 2. The number of hydrogen-bond acceptors (Lipinski definition) is 5. The molecule has 2 aromatic carbocycles. The molecule has 0 aliphatic rings. The Kier molecular flexibility index (Phi) is 4.71. The van der Waals surface area contributed by atoms with Gasteiger partial charge in [0.05, 0.1) is 19.4 Å². The van der Waals surface area contributed by atoms with Crippen molar-refractivity contribution < 1.29 is 14.9 Å². The first-order valence-electron chi connectivity index (χ1n) is 7.19. The molecular formula is C18H17NO3S.